The number of aromatic nitrogens is 4. The van der Waals surface area contributed by atoms with E-state index >= 15 is 0 Å². The van der Waals surface area contributed by atoms with Crippen LogP contribution in [0.2, 0.25) is 0 Å². The predicted octanol–water partition coefficient (Wildman–Crippen LogP) is 5.83. The maximum Gasteiger partial charge on any atom is 0.408 e. The lowest BCUT2D eigenvalue weighted by Gasteiger charge is -2.10. The summed E-state index contributed by atoms with van der Waals surface area (Å²) in [5.74, 6) is -0.305. The molecule has 0 unspecified atom stereocenters. The fourth-order valence-electron chi connectivity index (χ4n) is 3.68. The van der Waals surface area contributed by atoms with E-state index in [0.29, 0.717) is 33.3 Å². The van der Waals surface area contributed by atoms with Crippen LogP contribution in [-0.4, -0.2) is 31.8 Å². The molecule has 2 aromatic carbocycles. The fourth-order valence-corrected chi connectivity index (χ4v) is 4.49. The average Bonchev–Trinajstić information content (AvgIpc) is 3.37. The lowest BCUT2D eigenvalue weighted by molar-refractivity contribution is -0.142. The highest BCUT2D eigenvalue weighted by atomic mass is 32.1. The van der Waals surface area contributed by atoms with Gasteiger partial charge >= 0.3 is 6.18 Å². The average molecular weight is 467 g/mol. The Morgan fingerprint density at radius 2 is 2.03 bits per heavy atom. The monoisotopic (exact) mass is 467 g/mol. The molecule has 1 amide bonds. The summed E-state index contributed by atoms with van der Waals surface area (Å²) in [7, 11) is 0. The highest BCUT2D eigenvalue weighted by Crippen LogP contribution is 2.32. The lowest BCUT2D eigenvalue weighted by atomic mass is 10.0. The SMILES string of the molecule is Cc1nc2cc(C(=O)Nc3cccc4c(-c5cnn(CC(F)(F)F)c5)ccnc34)ccc2s1. The number of para-hydroxylation sites is 1. The fraction of sp³-hybridized carbons (Fsp3) is 0.130. The molecular weight excluding hydrogens is 451 g/mol. The van der Waals surface area contributed by atoms with Crippen molar-refractivity contribution in [3.05, 3.63) is 71.6 Å². The van der Waals surface area contributed by atoms with Gasteiger partial charge in [-0.05, 0) is 42.8 Å². The van der Waals surface area contributed by atoms with Gasteiger partial charge in [0.15, 0.2) is 0 Å². The number of thiazole rings is 1. The molecule has 0 saturated heterocycles. The molecule has 1 N–H and O–H groups in total. The summed E-state index contributed by atoms with van der Waals surface area (Å²) >= 11 is 1.56. The van der Waals surface area contributed by atoms with E-state index in [0.717, 1.165) is 19.9 Å². The maximum atomic E-state index is 12.9. The third-order valence-corrected chi connectivity index (χ3v) is 6.01. The third kappa shape index (κ3) is 4.29. The number of benzene rings is 2. The Kier molecular flexibility index (Phi) is 5.09. The number of anilines is 1. The minimum Gasteiger partial charge on any atom is -0.320 e. The van der Waals surface area contributed by atoms with Crippen molar-refractivity contribution in [2.45, 2.75) is 19.6 Å². The number of aryl methyl sites for hydroxylation is 1. The van der Waals surface area contributed by atoms with Crippen LogP contribution in [0.5, 0.6) is 0 Å². The van der Waals surface area contributed by atoms with Crippen molar-refractivity contribution in [1.82, 2.24) is 19.7 Å². The van der Waals surface area contributed by atoms with Gasteiger partial charge in [-0.2, -0.15) is 18.3 Å². The van der Waals surface area contributed by atoms with E-state index in [9.17, 15) is 18.0 Å². The number of fused-ring (bicyclic) bond motifs is 2. The summed E-state index contributed by atoms with van der Waals surface area (Å²) in [4.78, 5) is 21.7. The Balaban J connectivity index is 1.48. The van der Waals surface area contributed by atoms with Crippen molar-refractivity contribution >= 4 is 44.1 Å². The molecule has 0 radical (unpaired) electrons. The van der Waals surface area contributed by atoms with Crippen molar-refractivity contribution in [1.29, 1.82) is 0 Å². The van der Waals surface area contributed by atoms with E-state index in [1.165, 1.54) is 12.4 Å². The number of nitrogens with one attached hydrogen (secondary N) is 1. The van der Waals surface area contributed by atoms with E-state index in [1.54, 1.807) is 53.9 Å². The number of pyridine rings is 1. The lowest BCUT2D eigenvalue weighted by Crippen LogP contribution is -2.17. The van der Waals surface area contributed by atoms with Gasteiger partial charge in [-0.1, -0.05) is 12.1 Å². The minimum absolute atomic E-state index is 0.305. The Morgan fingerprint density at radius 1 is 1.18 bits per heavy atom. The van der Waals surface area contributed by atoms with E-state index in [1.807, 2.05) is 13.0 Å². The van der Waals surface area contributed by atoms with Crippen LogP contribution in [0.15, 0.2) is 61.1 Å². The highest BCUT2D eigenvalue weighted by Gasteiger charge is 2.28. The molecule has 5 aromatic rings. The van der Waals surface area contributed by atoms with Gasteiger partial charge in [0, 0.05) is 28.9 Å². The molecule has 0 spiro atoms. The smallest absolute Gasteiger partial charge is 0.320 e. The summed E-state index contributed by atoms with van der Waals surface area (Å²) in [5, 5.41) is 8.33. The van der Waals surface area contributed by atoms with Crippen molar-refractivity contribution in [3.8, 4) is 11.1 Å². The molecule has 10 heteroatoms. The number of carbonyl (C=O) groups is 1. The Hall–Kier alpha value is -3.79. The molecule has 0 aliphatic heterocycles. The zero-order valence-corrected chi connectivity index (χ0v) is 18.0. The topological polar surface area (TPSA) is 72.7 Å². The van der Waals surface area contributed by atoms with Gasteiger partial charge in [0.25, 0.3) is 5.91 Å². The van der Waals surface area contributed by atoms with Crippen molar-refractivity contribution < 1.29 is 18.0 Å². The number of alkyl halides is 3. The van der Waals surface area contributed by atoms with Crippen LogP contribution in [-0.2, 0) is 6.54 Å². The maximum absolute atomic E-state index is 12.9. The van der Waals surface area contributed by atoms with Gasteiger partial charge in [-0.15, -0.1) is 11.3 Å². The van der Waals surface area contributed by atoms with Gasteiger partial charge in [0.05, 0.1) is 32.6 Å². The summed E-state index contributed by atoms with van der Waals surface area (Å²) in [6.07, 6.45) is -0.0742. The van der Waals surface area contributed by atoms with Crippen LogP contribution in [0, 0.1) is 6.92 Å². The molecule has 6 nitrogen and oxygen atoms in total. The Bertz CT molecular complexity index is 1510. The van der Waals surface area contributed by atoms with Crippen LogP contribution in [0.1, 0.15) is 15.4 Å². The number of amides is 1. The number of hydrogen-bond donors (Lipinski definition) is 1. The van der Waals surface area contributed by atoms with Gasteiger partial charge < -0.3 is 5.32 Å². The number of halogens is 3. The Labute approximate surface area is 189 Å². The molecule has 3 aromatic heterocycles. The number of carbonyl (C=O) groups excluding carboxylic acids is 1. The molecule has 166 valence electrons. The first kappa shape index (κ1) is 21.1. The standard InChI is InChI=1S/C23H16F3N5OS/c1-13-29-19-9-14(5-6-20(19)33-13)22(32)30-18-4-2-3-17-16(7-8-27-21(17)18)15-10-28-31(11-15)12-23(24,25)26/h2-11H,12H2,1H3,(H,30,32). The van der Waals surface area contributed by atoms with Crippen LogP contribution < -0.4 is 5.32 Å². The zero-order chi connectivity index (χ0) is 23.2. The largest absolute Gasteiger partial charge is 0.408 e. The van der Waals surface area contributed by atoms with Crippen LogP contribution in [0.3, 0.4) is 0 Å². The minimum atomic E-state index is -4.36. The second kappa shape index (κ2) is 7.96. The number of rotatable bonds is 4. The van der Waals surface area contributed by atoms with Crippen LogP contribution >= 0.6 is 11.3 Å². The summed E-state index contributed by atoms with van der Waals surface area (Å²) in [5.41, 5.74) is 3.45. The van der Waals surface area contributed by atoms with Gasteiger partial charge in [0.2, 0.25) is 0 Å². The first-order valence-corrected chi connectivity index (χ1v) is 10.7. The van der Waals surface area contributed by atoms with Crippen molar-refractivity contribution in [3.63, 3.8) is 0 Å². The van der Waals surface area contributed by atoms with E-state index in [2.05, 4.69) is 20.4 Å². The summed E-state index contributed by atoms with van der Waals surface area (Å²) < 4.78 is 39.9. The van der Waals surface area contributed by atoms with E-state index in [4.69, 9.17) is 0 Å². The van der Waals surface area contributed by atoms with Crippen LogP contribution in [0.4, 0.5) is 18.9 Å². The zero-order valence-electron chi connectivity index (χ0n) is 17.2. The van der Waals surface area contributed by atoms with Gasteiger partial charge in [0.1, 0.15) is 6.54 Å². The van der Waals surface area contributed by atoms with Gasteiger partial charge in [-0.25, -0.2) is 4.98 Å². The predicted molar refractivity (Wildman–Crippen MR) is 121 cm³/mol. The van der Waals surface area contributed by atoms with Crippen molar-refractivity contribution in [2.75, 3.05) is 5.32 Å². The van der Waals surface area contributed by atoms with E-state index < -0.39 is 12.7 Å². The highest BCUT2D eigenvalue weighted by molar-refractivity contribution is 7.18. The Morgan fingerprint density at radius 3 is 2.85 bits per heavy atom. The molecule has 0 aliphatic rings. The number of hydrogen-bond acceptors (Lipinski definition) is 5. The first-order chi connectivity index (χ1) is 15.8. The summed E-state index contributed by atoms with van der Waals surface area (Å²) in [6.45, 7) is 0.747. The molecule has 0 atom stereocenters. The molecule has 3 heterocycles. The molecular formula is C23H16F3N5OS. The molecule has 33 heavy (non-hydrogen) atoms. The second-order valence-electron chi connectivity index (χ2n) is 7.47. The van der Waals surface area contributed by atoms with E-state index in [-0.39, 0.29) is 5.91 Å². The number of nitrogens with zero attached hydrogens (tertiary/aromatic N) is 4. The van der Waals surface area contributed by atoms with Crippen molar-refractivity contribution in [2.24, 2.45) is 0 Å². The quantitative estimate of drug-likeness (QED) is 0.361. The van der Waals surface area contributed by atoms with Gasteiger partial charge in [-0.3, -0.25) is 14.5 Å². The first-order valence-electron chi connectivity index (χ1n) is 9.93. The molecule has 5 rings (SSSR count). The van der Waals surface area contributed by atoms with Crippen LogP contribution in [0.25, 0.3) is 32.2 Å². The molecule has 0 saturated carbocycles. The normalized spacial score (nSPS) is 11.9. The second-order valence-corrected chi connectivity index (χ2v) is 8.71. The third-order valence-electron chi connectivity index (χ3n) is 5.06. The molecule has 0 fully saturated rings. The molecule has 0 bridgehead atoms. The molecule has 0 aliphatic carbocycles. The summed E-state index contributed by atoms with van der Waals surface area (Å²) in [6, 6.07) is 12.4.